The van der Waals surface area contributed by atoms with E-state index in [1.807, 2.05) is 54.9 Å². The maximum atomic E-state index is 13.5. The van der Waals surface area contributed by atoms with Crippen LogP contribution in [0, 0.1) is 5.82 Å². The van der Waals surface area contributed by atoms with Crippen molar-refractivity contribution in [2.45, 2.75) is 20.4 Å². The van der Waals surface area contributed by atoms with Gasteiger partial charge in [0.2, 0.25) is 0 Å². The number of benzene rings is 3. The number of rotatable bonds is 8. The molecule has 0 aliphatic rings. The fourth-order valence-corrected chi connectivity index (χ4v) is 4.47. The van der Waals surface area contributed by atoms with E-state index < -0.39 is 6.09 Å². The van der Waals surface area contributed by atoms with E-state index in [4.69, 9.17) is 25.8 Å². The molecule has 6 nitrogen and oxygen atoms in total. The van der Waals surface area contributed by atoms with Crippen LogP contribution in [0.1, 0.15) is 19.4 Å². The Kier molecular flexibility index (Phi) is 7.70. The van der Waals surface area contributed by atoms with Crippen LogP contribution in [0.15, 0.2) is 60.8 Å². The molecule has 4 rings (SSSR count). The van der Waals surface area contributed by atoms with Gasteiger partial charge in [-0.2, -0.15) is 0 Å². The molecule has 0 saturated heterocycles. The SMILES string of the molecule is CCN(CC)C(=O)Oc1ccc2c(ccn2Cc2ccc(F)cc2Cl)c1-c1ccc(OC)c(OC)c1. The van der Waals surface area contributed by atoms with Crippen LogP contribution in [0.5, 0.6) is 17.2 Å². The minimum atomic E-state index is -0.418. The summed E-state index contributed by atoms with van der Waals surface area (Å²) >= 11 is 6.29. The van der Waals surface area contributed by atoms with E-state index in [9.17, 15) is 9.18 Å². The van der Waals surface area contributed by atoms with E-state index in [1.165, 1.54) is 12.1 Å². The highest BCUT2D eigenvalue weighted by Gasteiger charge is 2.20. The zero-order chi connectivity index (χ0) is 25.8. The summed E-state index contributed by atoms with van der Waals surface area (Å²) in [6.07, 6.45) is 1.52. The van der Waals surface area contributed by atoms with E-state index in [0.29, 0.717) is 41.9 Å². The number of hydrogen-bond acceptors (Lipinski definition) is 4. The number of methoxy groups -OCH3 is 2. The Morgan fingerprint density at radius 2 is 1.67 bits per heavy atom. The van der Waals surface area contributed by atoms with Crippen molar-refractivity contribution in [3.8, 4) is 28.4 Å². The van der Waals surface area contributed by atoms with Gasteiger partial charge in [-0.05, 0) is 67.4 Å². The molecule has 1 amide bonds. The lowest BCUT2D eigenvalue weighted by molar-refractivity contribution is 0.157. The van der Waals surface area contributed by atoms with Gasteiger partial charge in [0.05, 0.1) is 14.2 Å². The number of fused-ring (bicyclic) bond motifs is 1. The van der Waals surface area contributed by atoms with Crippen LogP contribution in [0.4, 0.5) is 9.18 Å². The van der Waals surface area contributed by atoms with Crippen molar-refractivity contribution in [1.82, 2.24) is 9.47 Å². The summed E-state index contributed by atoms with van der Waals surface area (Å²) in [4.78, 5) is 14.5. The number of ether oxygens (including phenoxy) is 3. The highest BCUT2D eigenvalue weighted by molar-refractivity contribution is 6.31. The van der Waals surface area contributed by atoms with Crippen molar-refractivity contribution >= 4 is 28.6 Å². The van der Waals surface area contributed by atoms with E-state index in [-0.39, 0.29) is 5.82 Å². The summed E-state index contributed by atoms with van der Waals surface area (Å²) in [5.41, 5.74) is 3.25. The largest absolute Gasteiger partial charge is 0.493 e. The van der Waals surface area contributed by atoms with Gasteiger partial charge < -0.3 is 23.7 Å². The molecule has 0 atom stereocenters. The Morgan fingerprint density at radius 3 is 2.33 bits per heavy atom. The fraction of sp³-hybridized carbons (Fsp3) is 0.250. The minimum absolute atomic E-state index is 0.363. The van der Waals surface area contributed by atoms with Crippen LogP contribution in [0.25, 0.3) is 22.0 Å². The molecule has 36 heavy (non-hydrogen) atoms. The van der Waals surface area contributed by atoms with Crippen molar-refractivity contribution in [2.24, 2.45) is 0 Å². The van der Waals surface area contributed by atoms with Gasteiger partial charge in [0, 0.05) is 47.3 Å². The summed E-state index contributed by atoms with van der Waals surface area (Å²) in [6, 6.07) is 15.6. The zero-order valence-electron chi connectivity index (χ0n) is 20.7. The molecule has 1 aromatic heterocycles. The maximum Gasteiger partial charge on any atom is 0.415 e. The van der Waals surface area contributed by atoms with Crippen molar-refractivity contribution in [1.29, 1.82) is 0 Å². The van der Waals surface area contributed by atoms with Crippen molar-refractivity contribution in [3.63, 3.8) is 0 Å². The molecular formula is C28H28ClFN2O4. The number of amides is 1. The minimum Gasteiger partial charge on any atom is -0.493 e. The van der Waals surface area contributed by atoms with Gasteiger partial charge in [0.25, 0.3) is 0 Å². The number of aromatic nitrogens is 1. The summed E-state index contributed by atoms with van der Waals surface area (Å²) in [6.45, 7) is 5.34. The van der Waals surface area contributed by atoms with Crippen LogP contribution < -0.4 is 14.2 Å². The van der Waals surface area contributed by atoms with E-state index >= 15 is 0 Å². The monoisotopic (exact) mass is 510 g/mol. The van der Waals surface area contributed by atoms with Gasteiger partial charge in [0.15, 0.2) is 11.5 Å². The van der Waals surface area contributed by atoms with Crippen LogP contribution in [0.3, 0.4) is 0 Å². The molecule has 8 heteroatoms. The Bertz CT molecular complexity index is 1400. The van der Waals surface area contributed by atoms with Crippen LogP contribution in [-0.4, -0.2) is 42.9 Å². The number of hydrogen-bond donors (Lipinski definition) is 0. The first-order chi connectivity index (χ1) is 17.4. The predicted molar refractivity (Wildman–Crippen MR) is 140 cm³/mol. The third-order valence-electron chi connectivity index (χ3n) is 6.16. The van der Waals surface area contributed by atoms with Crippen molar-refractivity contribution < 1.29 is 23.4 Å². The quantitative estimate of drug-likeness (QED) is 0.256. The molecule has 0 aliphatic carbocycles. The lowest BCUT2D eigenvalue weighted by Crippen LogP contribution is -2.33. The highest BCUT2D eigenvalue weighted by Crippen LogP contribution is 2.41. The molecule has 4 aromatic rings. The van der Waals surface area contributed by atoms with Gasteiger partial charge in [-0.25, -0.2) is 9.18 Å². The second-order valence-electron chi connectivity index (χ2n) is 8.16. The molecular weight excluding hydrogens is 483 g/mol. The average Bonchev–Trinajstić information content (AvgIpc) is 3.28. The zero-order valence-corrected chi connectivity index (χ0v) is 21.4. The third-order valence-corrected chi connectivity index (χ3v) is 6.51. The summed E-state index contributed by atoms with van der Waals surface area (Å²) in [5.74, 6) is 1.21. The Morgan fingerprint density at radius 1 is 0.944 bits per heavy atom. The van der Waals surface area contributed by atoms with Gasteiger partial charge in [-0.15, -0.1) is 0 Å². The highest BCUT2D eigenvalue weighted by atomic mass is 35.5. The fourth-order valence-electron chi connectivity index (χ4n) is 4.24. The summed E-state index contributed by atoms with van der Waals surface area (Å²) in [5, 5.41) is 1.24. The Labute approximate surface area is 214 Å². The number of carbonyl (C=O) groups excluding carboxylic acids is 1. The maximum absolute atomic E-state index is 13.5. The smallest absolute Gasteiger partial charge is 0.415 e. The van der Waals surface area contributed by atoms with Crippen molar-refractivity contribution in [3.05, 3.63) is 77.2 Å². The first kappa shape index (κ1) is 25.4. The molecule has 0 radical (unpaired) electrons. The lowest BCUT2D eigenvalue weighted by atomic mass is 10.00. The number of carbonyl (C=O) groups is 1. The van der Waals surface area contributed by atoms with E-state index in [2.05, 4.69) is 0 Å². The average molecular weight is 511 g/mol. The second kappa shape index (κ2) is 10.9. The van der Waals surface area contributed by atoms with Gasteiger partial charge in [0.1, 0.15) is 11.6 Å². The van der Waals surface area contributed by atoms with Gasteiger partial charge >= 0.3 is 6.09 Å². The van der Waals surface area contributed by atoms with Crippen LogP contribution in [-0.2, 0) is 6.54 Å². The lowest BCUT2D eigenvalue weighted by Gasteiger charge is -2.20. The molecule has 0 unspecified atom stereocenters. The van der Waals surface area contributed by atoms with Gasteiger partial charge in [-0.3, -0.25) is 0 Å². The Hall–Kier alpha value is -3.71. The van der Waals surface area contributed by atoms with Crippen LogP contribution >= 0.6 is 11.6 Å². The van der Waals surface area contributed by atoms with Gasteiger partial charge in [-0.1, -0.05) is 23.7 Å². The molecule has 188 valence electrons. The first-order valence-electron chi connectivity index (χ1n) is 11.6. The molecule has 0 bridgehead atoms. The third kappa shape index (κ3) is 4.97. The molecule has 0 aliphatic heterocycles. The van der Waals surface area contributed by atoms with E-state index in [0.717, 1.165) is 27.6 Å². The van der Waals surface area contributed by atoms with E-state index in [1.54, 1.807) is 31.3 Å². The molecule has 0 N–H and O–H groups in total. The number of nitrogens with zero attached hydrogens (tertiary/aromatic N) is 2. The van der Waals surface area contributed by atoms with Crippen molar-refractivity contribution in [2.75, 3.05) is 27.3 Å². The molecule has 1 heterocycles. The topological polar surface area (TPSA) is 52.9 Å². The summed E-state index contributed by atoms with van der Waals surface area (Å²) in [7, 11) is 3.16. The first-order valence-corrected chi connectivity index (χ1v) is 12.0. The molecule has 0 fully saturated rings. The van der Waals surface area contributed by atoms with Crippen LogP contribution in [0.2, 0.25) is 5.02 Å². The standard InChI is InChI=1S/C28H28ClFN2O4/c1-5-31(6-2)28(33)36-25-12-10-23-21(27(25)18-8-11-24(34-3)26(15-18)35-4)13-14-32(23)17-19-7-9-20(30)16-22(19)29/h7-16H,5-6,17H2,1-4H3. The summed E-state index contributed by atoms with van der Waals surface area (Å²) < 4.78 is 32.4. The predicted octanol–water partition coefficient (Wildman–Crippen LogP) is 7.01. The Balaban J connectivity index is 1.85. The molecule has 0 saturated carbocycles. The molecule has 0 spiro atoms. The normalized spacial score (nSPS) is 10.9. The molecule has 3 aromatic carbocycles. The second-order valence-corrected chi connectivity index (χ2v) is 8.57. The number of halogens is 2.